The molecule has 144 valence electrons. The van der Waals surface area contributed by atoms with E-state index in [-0.39, 0.29) is 11.8 Å². The second-order valence-corrected chi connectivity index (χ2v) is 7.77. The number of benzene rings is 1. The maximum atomic E-state index is 12.4. The fourth-order valence-corrected chi connectivity index (χ4v) is 3.79. The number of nitrogens with zero attached hydrogens (tertiary/aromatic N) is 4. The van der Waals surface area contributed by atoms with Gasteiger partial charge >= 0.3 is 0 Å². The smallest absolute Gasteiger partial charge is 0.225 e. The summed E-state index contributed by atoms with van der Waals surface area (Å²) in [6.45, 7) is 10.8. The van der Waals surface area contributed by atoms with Gasteiger partial charge in [-0.05, 0) is 12.1 Å². The Labute approximate surface area is 166 Å². The Morgan fingerprint density at radius 1 is 1.41 bits per heavy atom. The molecule has 1 aliphatic rings. The summed E-state index contributed by atoms with van der Waals surface area (Å²) in [7, 11) is 1.84. The molecule has 0 fully saturated rings. The Morgan fingerprint density at radius 2 is 2.15 bits per heavy atom. The first-order chi connectivity index (χ1) is 12.9. The van der Waals surface area contributed by atoms with E-state index < -0.39 is 0 Å². The number of hydrogen-bond acceptors (Lipinski definition) is 3. The van der Waals surface area contributed by atoms with E-state index in [1.165, 1.54) is 11.3 Å². The van der Waals surface area contributed by atoms with E-state index in [1.807, 2.05) is 55.9 Å². The van der Waals surface area contributed by atoms with Crippen LogP contribution in [-0.2, 0) is 24.3 Å². The molecule has 3 rings (SSSR count). The minimum Gasteiger partial charge on any atom is -0.340 e. The lowest BCUT2D eigenvalue weighted by Crippen LogP contribution is -2.33. The number of para-hydroxylation sites is 1. The topological polar surface area (TPSA) is 41.4 Å². The van der Waals surface area contributed by atoms with Gasteiger partial charge in [0, 0.05) is 44.6 Å². The summed E-state index contributed by atoms with van der Waals surface area (Å²) in [5.74, 6) is 0.0866. The second kappa shape index (κ2) is 8.28. The molecule has 0 N–H and O–H groups in total. The SMILES string of the molecule is C=CCN1CCc2c(c(CN(C)C(=O)C(C)C)nn2-c2ccccc2Cl)C1. The van der Waals surface area contributed by atoms with Gasteiger partial charge in [0.1, 0.15) is 0 Å². The number of amides is 1. The van der Waals surface area contributed by atoms with E-state index >= 15 is 0 Å². The van der Waals surface area contributed by atoms with Crippen LogP contribution < -0.4 is 0 Å². The predicted molar refractivity (Wildman–Crippen MR) is 109 cm³/mol. The van der Waals surface area contributed by atoms with E-state index in [0.29, 0.717) is 11.6 Å². The fraction of sp³-hybridized carbons (Fsp3) is 0.429. The van der Waals surface area contributed by atoms with Crippen molar-refractivity contribution in [3.63, 3.8) is 0 Å². The summed E-state index contributed by atoms with van der Waals surface area (Å²) in [6, 6.07) is 7.75. The third kappa shape index (κ3) is 4.09. The summed E-state index contributed by atoms with van der Waals surface area (Å²) in [4.78, 5) is 16.5. The van der Waals surface area contributed by atoms with Crippen LogP contribution in [0.2, 0.25) is 5.02 Å². The Kier molecular flexibility index (Phi) is 6.02. The standard InChI is InChI=1S/C21H27ClN4O/c1-5-11-25-12-10-19-16(13-25)18(14-24(4)21(27)15(2)3)23-26(19)20-9-7-6-8-17(20)22/h5-9,15H,1,10-14H2,2-4H3. The number of rotatable bonds is 6. The van der Waals surface area contributed by atoms with E-state index in [0.717, 1.165) is 37.4 Å². The molecule has 27 heavy (non-hydrogen) atoms. The molecule has 1 aromatic heterocycles. The molecule has 0 spiro atoms. The first-order valence-electron chi connectivity index (χ1n) is 9.35. The zero-order chi connectivity index (χ0) is 19.6. The van der Waals surface area contributed by atoms with Gasteiger partial charge in [-0.15, -0.1) is 6.58 Å². The van der Waals surface area contributed by atoms with Crippen molar-refractivity contribution < 1.29 is 4.79 Å². The zero-order valence-corrected chi connectivity index (χ0v) is 17.0. The van der Waals surface area contributed by atoms with Crippen LogP contribution in [-0.4, -0.2) is 45.6 Å². The average molecular weight is 387 g/mol. The molecule has 0 aliphatic carbocycles. The van der Waals surface area contributed by atoms with Gasteiger partial charge in [-0.1, -0.05) is 43.7 Å². The number of carbonyl (C=O) groups is 1. The minimum absolute atomic E-state index is 0.0336. The largest absolute Gasteiger partial charge is 0.340 e. The highest BCUT2D eigenvalue weighted by atomic mass is 35.5. The molecule has 0 bridgehead atoms. The van der Waals surface area contributed by atoms with Crippen LogP contribution in [0, 0.1) is 5.92 Å². The van der Waals surface area contributed by atoms with Gasteiger partial charge in [-0.2, -0.15) is 5.10 Å². The molecule has 0 saturated carbocycles. The van der Waals surface area contributed by atoms with Crippen LogP contribution in [0.25, 0.3) is 5.69 Å². The van der Waals surface area contributed by atoms with Crippen molar-refractivity contribution in [1.29, 1.82) is 0 Å². The number of halogens is 1. The first-order valence-corrected chi connectivity index (χ1v) is 9.73. The van der Waals surface area contributed by atoms with Gasteiger partial charge in [0.15, 0.2) is 0 Å². The third-order valence-electron chi connectivity index (χ3n) is 4.94. The van der Waals surface area contributed by atoms with Crippen molar-refractivity contribution in [1.82, 2.24) is 19.6 Å². The Bertz CT molecular complexity index is 843. The lowest BCUT2D eigenvalue weighted by molar-refractivity contribution is -0.133. The van der Waals surface area contributed by atoms with Crippen LogP contribution in [0.1, 0.15) is 30.8 Å². The van der Waals surface area contributed by atoms with Crippen LogP contribution in [0.3, 0.4) is 0 Å². The third-order valence-corrected chi connectivity index (χ3v) is 5.26. The monoisotopic (exact) mass is 386 g/mol. The molecule has 1 amide bonds. The molecule has 0 unspecified atom stereocenters. The van der Waals surface area contributed by atoms with Gasteiger partial charge < -0.3 is 4.90 Å². The number of fused-ring (bicyclic) bond motifs is 1. The molecule has 2 aromatic rings. The van der Waals surface area contributed by atoms with Crippen molar-refractivity contribution in [2.24, 2.45) is 5.92 Å². The molecule has 6 heteroatoms. The van der Waals surface area contributed by atoms with Crippen LogP contribution >= 0.6 is 11.6 Å². The first kappa shape index (κ1) is 19.6. The molecule has 2 heterocycles. The van der Waals surface area contributed by atoms with Crippen molar-refractivity contribution in [2.45, 2.75) is 33.4 Å². The van der Waals surface area contributed by atoms with Crippen molar-refractivity contribution in [3.05, 3.63) is 58.9 Å². The van der Waals surface area contributed by atoms with E-state index in [4.69, 9.17) is 16.7 Å². The maximum Gasteiger partial charge on any atom is 0.225 e. The van der Waals surface area contributed by atoms with Gasteiger partial charge in [-0.3, -0.25) is 9.69 Å². The van der Waals surface area contributed by atoms with E-state index in [1.54, 1.807) is 4.90 Å². The summed E-state index contributed by atoms with van der Waals surface area (Å²) >= 11 is 6.44. The van der Waals surface area contributed by atoms with Gasteiger partial charge in [-0.25, -0.2) is 4.68 Å². The van der Waals surface area contributed by atoms with Crippen LogP contribution in [0.4, 0.5) is 0 Å². The molecule has 5 nitrogen and oxygen atoms in total. The number of carbonyl (C=O) groups excluding carboxylic acids is 1. The summed E-state index contributed by atoms with van der Waals surface area (Å²) in [6.07, 6.45) is 2.82. The average Bonchev–Trinajstić information content (AvgIpc) is 2.99. The molecule has 0 atom stereocenters. The molecular formula is C21H27ClN4O. The Hall–Kier alpha value is -2.11. The second-order valence-electron chi connectivity index (χ2n) is 7.36. The van der Waals surface area contributed by atoms with Crippen molar-refractivity contribution in [3.8, 4) is 5.69 Å². The van der Waals surface area contributed by atoms with Gasteiger partial charge in [0.25, 0.3) is 0 Å². The Morgan fingerprint density at radius 3 is 2.81 bits per heavy atom. The van der Waals surface area contributed by atoms with E-state index in [9.17, 15) is 4.79 Å². The molecule has 1 aliphatic heterocycles. The molecule has 1 aromatic carbocycles. The predicted octanol–water partition coefficient (Wildman–Crippen LogP) is 3.68. The number of aromatic nitrogens is 2. The van der Waals surface area contributed by atoms with E-state index in [2.05, 4.69) is 11.5 Å². The van der Waals surface area contributed by atoms with Crippen LogP contribution in [0.15, 0.2) is 36.9 Å². The highest BCUT2D eigenvalue weighted by Crippen LogP contribution is 2.29. The zero-order valence-electron chi connectivity index (χ0n) is 16.3. The highest BCUT2D eigenvalue weighted by molar-refractivity contribution is 6.32. The van der Waals surface area contributed by atoms with Crippen LogP contribution in [0.5, 0.6) is 0 Å². The van der Waals surface area contributed by atoms with Crippen molar-refractivity contribution >= 4 is 17.5 Å². The Balaban J connectivity index is 2.01. The lowest BCUT2D eigenvalue weighted by Gasteiger charge is -2.27. The van der Waals surface area contributed by atoms with Gasteiger partial charge in [0.2, 0.25) is 5.91 Å². The molecule has 0 radical (unpaired) electrons. The highest BCUT2D eigenvalue weighted by Gasteiger charge is 2.27. The summed E-state index contributed by atoms with van der Waals surface area (Å²) < 4.78 is 1.96. The van der Waals surface area contributed by atoms with Gasteiger partial charge in [0.05, 0.1) is 28.6 Å². The molecular weight excluding hydrogens is 360 g/mol. The van der Waals surface area contributed by atoms with Crippen molar-refractivity contribution in [2.75, 3.05) is 20.1 Å². The summed E-state index contributed by atoms with van der Waals surface area (Å²) in [5, 5.41) is 5.56. The minimum atomic E-state index is -0.0336. The normalized spacial score (nSPS) is 14.3. The quantitative estimate of drug-likeness (QED) is 0.711. The number of hydrogen-bond donors (Lipinski definition) is 0. The summed E-state index contributed by atoms with van der Waals surface area (Å²) in [5.41, 5.74) is 4.21. The maximum absolute atomic E-state index is 12.4. The fourth-order valence-electron chi connectivity index (χ4n) is 3.57. The lowest BCUT2D eigenvalue weighted by atomic mass is 10.0. The molecule has 0 saturated heterocycles.